The maximum Gasteiger partial charge on any atom is 0.407 e. The number of nitrogens with zero attached hydrogens (tertiary/aromatic N) is 3. The molecule has 2 aliphatic carbocycles. The van der Waals surface area contributed by atoms with Crippen LogP contribution in [0.3, 0.4) is 0 Å². The highest BCUT2D eigenvalue weighted by atomic mass is 19.1. The minimum atomic E-state index is -0.932. The van der Waals surface area contributed by atoms with Crippen molar-refractivity contribution in [3.8, 4) is 11.3 Å². The minimum Gasteiger partial charge on any atom is -0.444 e. The Bertz CT molecular complexity index is 1230. The smallest absolute Gasteiger partial charge is 0.407 e. The van der Waals surface area contributed by atoms with E-state index in [0.29, 0.717) is 31.7 Å². The van der Waals surface area contributed by atoms with Gasteiger partial charge in [0.1, 0.15) is 22.7 Å². The van der Waals surface area contributed by atoms with Gasteiger partial charge in [-0.05, 0) is 75.3 Å². The second-order valence-electron chi connectivity index (χ2n) is 10.9. The first kappa shape index (κ1) is 24.3. The van der Waals surface area contributed by atoms with Crippen molar-refractivity contribution in [2.75, 3.05) is 19.6 Å². The van der Waals surface area contributed by atoms with E-state index in [4.69, 9.17) is 4.74 Å². The summed E-state index contributed by atoms with van der Waals surface area (Å²) in [7, 11) is 0. The summed E-state index contributed by atoms with van der Waals surface area (Å²) >= 11 is 0. The summed E-state index contributed by atoms with van der Waals surface area (Å²) in [5, 5.41) is 11.2. The first-order valence-electron chi connectivity index (χ1n) is 12.3. The molecule has 1 aromatic heterocycles. The number of nitrogens with one attached hydrogen (secondary N) is 1. The summed E-state index contributed by atoms with van der Waals surface area (Å²) in [6, 6.07) is 5.34. The molecule has 2 atom stereocenters. The Morgan fingerprint density at radius 3 is 2.58 bits per heavy atom. The molecule has 3 aliphatic rings. The Morgan fingerprint density at radius 1 is 1.22 bits per heavy atom. The molecule has 5 rings (SSSR count). The highest BCUT2D eigenvalue weighted by Gasteiger charge is 2.60. The molecular formula is C27H30F2N4O3. The van der Waals surface area contributed by atoms with Crippen molar-refractivity contribution in [1.82, 2.24) is 20.4 Å². The maximum absolute atomic E-state index is 14.3. The average Bonchev–Trinajstić information content (AvgIpc) is 3.22. The molecule has 2 heterocycles. The highest BCUT2D eigenvalue weighted by Crippen LogP contribution is 2.60. The maximum atomic E-state index is 14.3. The number of amides is 2. The molecule has 1 aromatic carbocycles. The van der Waals surface area contributed by atoms with Crippen molar-refractivity contribution in [2.24, 2.45) is 5.92 Å². The number of fused-ring (bicyclic) bond motifs is 5. The van der Waals surface area contributed by atoms with Gasteiger partial charge in [0.15, 0.2) is 0 Å². The first-order chi connectivity index (χ1) is 17.0. The third kappa shape index (κ3) is 3.94. The van der Waals surface area contributed by atoms with Crippen molar-refractivity contribution in [3.63, 3.8) is 0 Å². The molecule has 0 radical (unpaired) electrons. The zero-order valence-electron chi connectivity index (χ0n) is 20.7. The molecule has 7 nitrogen and oxygen atoms in total. The van der Waals surface area contributed by atoms with Gasteiger partial charge in [-0.1, -0.05) is 12.6 Å². The Hall–Kier alpha value is -3.36. The standard InChI is InChI=1S/C27H30F2N4O3/c1-15-17-8-10-27(15,23-18(17)12-21(31-32-23)22-19(28)6-5-7-20(22)29)24(34)33-13-16(14-33)9-11-30-25(35)36-26(2,3)4/h5-7,12,16-17H,1,8-11,13-14H2,2-4H3,(H,30,35)/t17-,27-/m0/s1. The largest absolute Gasteiger partial charge is 0.444 e. The van der Waals surface area contributed by atoms with Gasteiger partial charge in [-0.15, -0.1) is 5.10 Å². The topological polar surface area (TPSA) is 84.4 Å². The van der Waals surface area contributed by atoms with Gasteiger partial charge in [0.25, 0.3) is 0 Å². The molecule has 36 heavy (non-hydrogen) atoms. The second kappa shape index (κ2) is 8.64. The first-order valence-corrected chi connectivity index (χ1v) is 12.3. The fourth-order valence-corrected chi connectivity index (χ4v) is 5.70. The van der Waals surface area contributed by atoms with E-state index in [2.05, 4.69) is 22.1 Å². The van der Waals surface area contributed by atoms with E-state index in [1.807, 2.05) is 25.7 Å². The predicted molar refractivity (Wildman–Crippen MR) is 129 cm³/mol. The van der Waals surface area contributed by atoms with Crippen LogP contribution in [0.2, 0.25) is 0 Å². The molecule has 1 aliphatic heterocycles. The quantitative estimate of drug-likeness (QED) is 0.617. The van der Waals surface area contributed by atoms with E-state index in [0.717, 1.165) is 24.0 Å². The van der Waals surface area contributed by atoms with Gasteiger partial charge in [-0.25, -0.2) is 13.6 Å². The number of rotatable bonds is 5. The number of ether oxygens (including phenoxy) is 1. The number of carbonyl (C=O) groups is 2. The van der Waals surface area contributed by atoms with E-state index in [1.165, 1.54) is 18.2 Å². The zero-order valence-corrected chi connectivity index (χ0v) is 20.7. The van der Waals surface area contributed by atoms with Crippen molar-refractivity contribution in [1.29, 1.82) is 0 Å². The fraction of sp³-hybridized carbons (Fsp3) is 0.481. The summed E-state index contributed by atoms with van der Waals surface area (Å²) in [5.74, 6) is -1.24. The lowest BCUT2D eigenvalue weighted by Crippen LogP contribution is -2.56. The Morgan fingerprint density at radius 2 is 1.92 bits per heavy atom. The number of benzene rings is 1. The molecule has 190 valence electrons. The summed E-state index contributed by atoms with van der Waals surface area (Å²) in [6.45, 7) is 11.4. The van der Waals surface area contributed by atoms with Gasteiger partial charge in [-0.3, -0.25) is 4.79 Å². The Kier molecular flexibility index (Phi) is 5.84. The number of likely N-dealkylation sites (tertiary alicyclic amines) is 1. The van der Waals surface area contributed by atoms with Gasteiger partial charge in [0.2, 0.25) is 5.91 Å². The van der Waals surface area contributed by atoms with Crippen LogP contribution in [-0.4, -0.2) is 52.3 Å². The molecular weight excluding hydrogens is 466 g/mol. The normalized spacial score (nSPS) is 22.9. The number of hydrogen-bond donors (Lipinski definition) is 1. The van der Waals surface area contributed by atoms with Crippen LogP contribution in [0.1, 0.15) is 57.2 Å². The third-order valence-electron chi connectivity index (χ3n) is 7.43. The molecule has 9 heteroatoms. The van der Waals surface area contributed by atoms with E-state index in [9.17, 15) is 18.4 Å². The van der Waals surface area contributed by atoms with Crippen LogP contribution < -0.4 is 5.32 Å². The number of carbonyl (C=O) groups excluding carboxylic acids is 2. The zero-order chi connectivity index (χ0) is 25.8. The van der Waals surface area contributed by atoms with E-state index >= 15 is 0 Å². The molecule has 1 saturated heterocycles. The van der Waals surface area contributed by atoms with Crippen LogP contribution in [0, 0.1) is 17.6 Å². The predicted octanol–water partition coefficient (Wildman–Crippen LogP) is 4.48. The lowest BCUT2D eigenvalue weighted by molar-refractivity contribution is -0.142. The molecule has 1 saturated carbocycles. The van der Waals surface area contributed by atoms with Crippen LogP contribution in [0.25, 0.3) is 11.3 Å². The number of hydrogen-bond acceptors (Lipinski definition) is 5. The number of halogens is 2. The highest BCUT2D eigenvalue weighted by molar-refractivity contribution is 5.95. The van der Waals surface area contributed by atoms with E-state index < -0.39 is 28.7 Å². The molecule has 2 aromatic rings. The van der Waals surface area contributed by atoms with Gasteiger partial charge < -0.3 is 15.0 Å². The van der Waals surface area contributed by atoms with Gasteiger partial charge >= 0.3 is 6.09 Å². The number of alkyl carbamates (subject to hydrolysis) is 1. The van der Waals surface area contributed by atoms with Crippen molar-refractivity contribution in [2.45, 2.75) is 57.0 Å². The van der Waals surface area contributed by atoms with Crippen LogP contribution >= 0.6 is 0 Å². The van der Waals surface area contributed by atoms with Crippen molar-refractivity contribution in [3.05, 3.63) is 59.3 Å². The van der Waals surface area contributed by atoms with Crippen LogP contribution in [0.15, 0.2) is 36.4 Å². The van der Waals surface area contributed by atoms with Crippen molar-refractivity contribution >= 4 is 12.0 Å². The second-order valence-corrected chi connectivity index (χ2v) is 10.9. The fourth-order valence-electron chi connectivity index (χ4n) is 5.70. The lowest BCUT2D eigenvalue weighted by atomic mass is 9.78. The molecule has 2 bridgehead atoms. The SMILES string of the molecule is C=C1[C@@H]2CC[C@@]1(C(=O)N1CC(CCNC(=O)OC(C)(C)C)C1)c1nnc(-c3c(F)cccc3F)cc12. The molecule has 2 amide bonds. The van der Waals surface area contributed by atoms with Crippen LogP contribution in [-0.2, 0) is 14.9 Å². The summed E-state index contributed by atoms with van der Waals surface area (Å²) in [6.07, 6.45) is 1.64. The van der Waals surface area contributed by atoms with Gasteiger partial charge in [-0.2, -0.15) is 5.10 Å². The lowest BCUT2D eigenvalue weighted by Gasteiger charge is -2.44. The van der Waals surface area contributed by atoms with Crippen LogP contribution in [0.4, 0.5) is 13.6 Å². The monoisotopic (exact) mass is 496 g/mol. The Balaban J connectivity index is 1.27. The van der Waals surface area contributed by atoms with E-state index in [1.54, 1.807) is 6.07 Å². The molecule has 0 spiro atoms. The van der Waals surface area contributed by atoms with Gasteiger partial charge in [0, 0.05) is 25.6 Å². The molecule has 2 fully saturated rings. The summed E-state index contributed by atoms with van der Waals surface area (Å²) in [5.41, 5.74) is 0.558. The van der Waals surface area contributed by atoms with E-state index in [-0.39, 0.29) is 29.0 Å². The summed E-state index contributed by atoms with van der Waals surface area (Å²) < 4.78 is 33.9. The van der Waals surface area contributed by atoms with Crippen molar-refractivity contribution < 1.29 is 23.1 Å². The number of aromatic nitrogens is 2. The van der Waals surface area contributed by atoms with Gasteiger partial charge in [0.05, 0.1) is 17.0 Å². The summed E-state index contributed by atoms with van der Waals surface area (Å²) in [4.78, 5) is 27.3. The third-order valence-corrected chi connectivity index (χ3v) is 7.43. The van der Waals surface area contributed by atoms with Crippen LogP contribution in [0.5, 0.6) is 0 Å². The molecule has 0 unspecified atom stereocenters. The Labute approximate surface area is 208 Å². The minimum absolute atomic E-state index is 0.0378. The average molecular weight is 497 g/mol. The molecule has 1 N–H and O–H groups in total.